The van der Waals surface area contributed by atoms with Gasteiger partial charge in [-0.3, -0.25) is 4.79 Å². The molecule has 0 aromatic rings. The molecule has 0 aliphatic carbocycles. The highest BCUT2D eigenvalue weighted by atomic mass is 35.5. The lowest BCUT2D eigenvalue weighted by molar-refractivity contribution is -0.121. The zero-order valence-electron chi connectivity index (χ0n) is 11.3. The molecule has 3 N–H and O–H groups in total. The highest BCUT2D eigenvalue weighted by molar-refractivity contribution is 5.85. The Morgan fingerprint density at radius 1 is 1.12 bits per heavy atom. The molecular formula is C13H29ClN2O. The van der Waals surface area contributed by atoms with Crippen LogP contribution in [0.1, 0.15) is 58.8 Å². The van der Waals surface area contributed by atoms with Crippen LogP contribution < -0.4 is 11.1 Å². The molecule has 0 heterocycles. The molecule has 1 amide bonds. The summed E-state index contributed by atoms with van der Waals surface area (Å²) in [7, 11) is 0. The van der Waals surface area contributed by atoms with Crippen LogP contribution in [0.2, 0.25) is 0 Å². The molecule has 4 heteroatoms. The Kier molecular flexibility index (Phi) is 15.5. The predicted molar refractivity (Wildman–Crippen MR) is 76.5 cm³/mol. The van der Waals surface area contributed by atoms with Crippen molar-refractivity contribution in [2.24, 2.45) is 11.7 Å². The fourth-order valence-corrected chi connectivity index (χ4v) is 1.61. The lowest BCUT2D eigenvalue weighted by Crippen LogP contribution is -2.24. The molecule has 104 valence electrons. The number of hydrogen-bond acceptors (Lipinski definition) is 2. The third-order valence-electron chi connectivity index (χ3n) is 2.64. The Bertz CT molecular complexity index is 175. The summed E-state index contributed by atoms with van der Waals surface area (Å²) in [4.78, 5) is 11.4. The van der Waals surface area contributed by atoms with Gasteiger partial charge in [-0.05, 0) is 38.1 Å². The second-order valence-electron chi connectivity index (χ2n) is 4.84. The van der Waals surface area contributed by atoms with Crippen LogP contribution in [-0.4, -0.2) is 19.0 Å². The van der Waals surface area contributed by atoms with E-state index in [0.29, 0.717) is 6.42 Å². The first-order valence-corrected chi connectivity index (χ1v) is 6.63. The largest absolute Gasteiger partial charge is 0.356 e. The molecule has 0 bridgehead atoms. The molecule has 0 aromatic heterocycles. The van der Waals surface area contributed by atoms with Crippen molar-refractivity contribution in [1.82, 2.24) is 5.32 Å². The van der Waals surface area contributed by atoms with Gasteiger partial charge in [-0.2, -0.15) is 0 Å². The molecule has 0 saturated carbocycles. The molecule has 17 heavy (non-hydrogen) atoms. The van der Waals surface area contributed by atoms with Crippen molar-refractivity contribution < 1.29 is 4.79 Å². The number of carbonyl (C=O) groups excluding carboxylic acids is 1. The minimum atomic E-state index is 0. The van der Waals surface area contributed by atoms with E-state index < -0.39 is 0 Å². The Morgan fingerprint density at radius 2 is 1.76 bits per heavy atom. The third-order valence-corrected chi connectivity index (χ3v) is 2.64. The van der Waals surface area contributed by atoms with Gasteiger partial charge in [0.2, 0.25) is 5.91 Å². The minimum Gasteiger partial charge on any atom is -0.356 e. The summed E-state index contributed by atoms with van der Waals surface area (Å²) in [5.74, 6) is 0.935. The first kappa shape index (κ1) is 19.1. The molecule has 3 nitrogen and oxygen atoms in total. The van der Waals surface area contributed by atoms with E-state index in [2.05, 4.69) is 19.2 Å². The van der Waals surface area contributed by atoms with Gasteiger partial charge in [-0.25, -0.2) is 0 Å². The van der Waals surface area contributed by atoms with Gasteiger partial charge in [0.25, 0.3) is 0 Å². The lowest BCUT2D eigenvalue weighted by atomic mass is 10.1. The fourth-order valence-electron chi connectivity index (χ4n) is 1.61. The predicted octanol–water partition coefficient (Wildman–Crippen LogP) is 2.87. The minimum absolute atomic E-state index is 0. The van der Waals surface area contributed by atoms with Gasteiger partial charge in [-0.15, -0.1) is 12.4 Å². The van der Waals surface area contributed by atoms with Crippen LogP contribution >= 0.6 is 12.4 Å². The number of hydrogen-bond donors (Lipinski definition) is 2. The van der Waals surface area contributed by atoms with Crippen molar-refractivity contribution in [2.75, 3.05) is 13.1 Å². The van der Waals surface area contributed by atoms with Crippen molar-refractivity contribution in [3.8, 4) is 0 Å². The Balaban J connectivity index is 0. The van der Waals surface area contributed by atoms with E-state index in [9.17, 15) is 4.79 Å². The van der Waals surface area contributed by atoms with Gasteiger partial charge < -0.3 is 11.1 Å². The topological polar surface area (TPSA) is 55.1 Å². The molecule has 0 saturated heterocycles. The maximum atomic E-state index is 11.4. The first-order valence-electron chi connectivity index (χ1n) is 6.63. The van der Waals surface area contributed by atoms with E-state index in [0.717, 1.165) is 51.1 Å². The van der Waals surface area contributed by atoms with Crippen LogP contribution in [0.5, 0.6) is 0 Å². The Morgan fingerprint density at radius 3 is 2.35 bits per heavy atom. The monoisotopic (exact) mass is 264 g/mol. The van der Waals surface area contributed by atoms with E-state index in [-0.39, 0.29) is 18.3 Å². The molecular weight excluding hydrogens is 236 g/mol. The lowest BCUT2D eigenvalue weighted by Gasteiger charge is -2.06. The Hall–Kier alpha value is -0.280. The standard InChI is InChI=1S/C13H28N2O.ClH/c1-12(2)8-7-11-15-13(16)9-5-3-4-6-10-14;/h12H,3-11,14H2,1-2H3,(H,15,16);1H. The average molecular weight is 265 g/mol. The quantitative estimate of drug-likeness (QED) is 0.596. The number of amides is 1. The average Bonchev–Trinajstić information content (AvgIpc) is 2.24. The fraction of sp³-hybridized carbons (Fsp3) is 0.923. The number of nitrogens with two attached hydrogens (primary N) is 1. The SMILES string of the molecule is CC(C)CCCNC(=O)CCCCCCN.Cl. The maximum Gasteiger partial charge on any atom is 0.219 e. The number of rotatable bonds is 10. The summed E-state index contributed by atoms with van der Waals surface area (Å²) in [6.45, 7) is 6.01. The van der Waals surface area contributed by atoms with Crippen LogP contribution in [0.4, 0.5) is 0 Å². The number of nitrogens with one attached hydrogen (secondary N) is 1. The van der Waals surface area contributed by atoms with E-state index >= 15 is 0 Å². The summed E-state index contributed by atoms with van der Waals surface area (Å²) in [6, 6.07) is 0. The molecule has 0 unspecified atom stereocenters. The van der Waals surface area contributed by atoms with Crippen molar-refractivity contribution in [2.45, 2.75) is 58.8 Å². The van der Waals surface area contributed by atoms with Gasteiger partial charge in [0.15, 0.2) is 0 Å². The molecule has 0 aliphatic heterocycles. The van der Waals surface area contributed by atoms with Crippen LogP contribution in [0.25, 0.3) is 0 Å². The number of carbonyl (C=O) groups is 1. The summed E-state index contributed by atoms with van der Waals surface area (Å²) < 4.78 is 0. The normalized spacial score (nSPS) is 10.1. The smallest absolute Gasteiger partial charge is 0.219 e. The second kappa shape index (κ2) is 13.8. The summed E-state index contributed by atoms with van der Waals surface area (Å²) in [5.41, 5.74) is 5.40. The number of unbranched alkanes of at least 4 members (excludes halogenated alkanes) is 3. The third kappa shape index (κ3) is 15.7. The van der Waals surface area contributed by atoms with Crippen LogP contribution in [-0.2, 0) is 4.79 Å². The van der Waals surface area contributed by atoms with Crippen molar-refractivity contribution in [3.63, 3.8) is 0 Å². The van der Waals surface area contributed by atoms with Gasteiger partial charge >= 0.3 is 0 Å². The van der Waals surface area contributed by atoms with Gasteiger partial charge in [0.1, 0.15) is 0 Å². The van der Waals surface area contributed by atoms with Gasteiger partial charge in [0.05, 0.1) is 0 Å². The van der Waals surface area contributed by atoms with Crippen LogP contribution in [0, 0.1) is 5.92 Å². The zero-order chi connectivity index (χ0) is 12.2. The van der Waals surface area contributed by atoms with Crippen molar-refractivity contribution >= 4 is 18.3 Å². The summed E-state index contributed by atoms with van der Waals surface area (Å²) in [5, 5.41) is 2.97. The summed E-state index contributed by atoms with van der Waals surface area (Å²) in [6.07, 6.45) is 7.30. The molecule has 0 fully saturated rings. The van der Waals surface area contributed by atoms with E-state index in [1.54, 1.807) is 0 Å². The van der Waals surface area contributed by atoms with E-state index in [4.69, 9.17) is 5.73 Å². The molecule has 0 radical (unpaired) electrons. The molecule has 0 aromatic carbocycles. The first-order chi connectivity index (χ1) is 7.66. The van der Waals surface area contributed by atoms with E-state index in [1.807, 2.05) is 0 Å². The maximum absolute atomic E-state index is 11.4. The molecule has 0 spiro atoms. The second-order valence-corrected chi connectivity index (χ2v) is 4.84. The highest BCUT2D eigenvalue weighted by Gasteiger charge is 2.00. The molecule has 0 rings (SSSR count). The highest BCUT2D eigenvalue weighted by Crippen LogP contribution is 2.03. The van der Waals surface area contributed by atoms with Gasteiger partial charge in [-0.1, -0.05) is 26.7 Å². The van der Waals surface area contributed by atoms with Crippen LogP contribution in [0.3, 0.4) is 0 Å². The van der Waals surface area contributed by atoms with Crippen LogP contribution in [0.15, 0.2) is 0 Å². The summed E-state index contributed by atoms with van der Waals surface area (Å²) >= 11 is 0. The Labute approximate surface area is 112 Å². The van der Waals surface area contributed by atoms with Gasteiger partial charge in [0, 0.05) is 13.0 Å². The zero-order valence-corrected chi connectivity index (χ0v) is 12.2. The van der Waals surface area contributed by atoms with E-state index in [1.165, 1.54) is 6.42 Å². The molecule has 0 atom stereocenters. The van der Waals surface area contributed by atoms with Crippen molar-refractivity contribution in [1.29, 1.82) is 0 Å². The molecule has 0 aliphatic rings. The van der Waals surface area contributed by atoms with Crippen molar-refractivity contribution in [3.05, 3.63) is 0 Å². The number of halogens is 1.